The fraction of sp³-hybridized carbons (Fsp3) is 0.235. The van der Waals surface area contributed by atoms with E-state index in [2.05, 4.69) is 0 Å². The van der Waals surface area contributed by atoms with Crippen molar-refractivity contribution in [1.82, 2.24) is 4.90 Å². The number of carbonyl (C=O) groups is 1. The number of benzene rings is 2. The summed E-state index contributed by atoms with van der Waals surface area (Å²) in [6.45, 7) is 0.235. The van der Waals surface area contributed by atoms with Gasteiger partial charge in [0.1, 0.15) is 5.82 Å². The lowest BCUT2D eigenvalue weighted by Crippen LogP contribution is -2.33. The van der Waals surface area contributed by atoms with E-state index in [9.17, 15) is 9.18 Å². The molecule has 0 N–H and O–H groups in total. The predicted octanol–water partition coefficient (Wildman–Crippen LogP) is 4.94. The zero-order chi connectivity index (χ0) is 15.7. The number of nitrogens with zero attached hydrogens (tertiary/aromatic N) is 1. The van der Waals surface area contributed by atoms with Crippen LogP contribution in [0.3, 0.4) is 0 Å². The number of halogens is 3. The van der Waals surface area contributed by atoms with Gasteiger partial charge in [-0.3, -0.25) is 4.79 Å². The molecule has 0 saturated heterocycles. The molecule has 0 bridgehead atoms. The van der Waals surface area contributed by atoms with E-state index in [0.29, 0.717) is 16.1 Å². The van der Waals surface area contributed by atoms with Crippen LogP contribution >= 0.6 is 23.2 Å². The van der Waals surface area contributed by atoms with E-state index in [1.807, 2.05) is 0 Å². The minimum absolute atomic E-state index is 0.141. The van der Waals surface area contributed by atoms with Crippen molar-refractivity contribution in [3.05, 3.63) is 69.5 Å². The summed E-state index contributed by atoms with van der Waals surface area (Å²) >= 11 is 12.1. The Hall–Kier alpha value is -1.58. The third kappa shape index (κ3) is 3.11. The normalized spacial score (nSPS) is 14.0. The van der Waals surface area contributed by atoms with Crippen LogP contribution in [0.2, 0.25) is 10.0 Å². The van der Waals surface area contributed by atoms with Crippen LogP contribution in [0.5, 0.6) is 0 Å². The van der Waals surface area contributed by atoms with E-state index >= 15 is 0 Å². The Balaban J connectivity index is 1.90. The van der Waals surface area contributed by atoms with Crippen LogP contribution in [0.1, 0.15) is 28.8 Å². The second kappa shape index (κ2) is 6.27. The molecule has 0 aromatic heterocycles. The summed E-state index contributed by atoms with van der Waals surface area (Å²) in [6, 6.07) is 11.6. The SMILES string of the molecule is O=C(c1cccc(Cl)c1Cl)N(Cc1ccccc1F)C1CC1. The number of carbonyl (C=O) groups excluding carboxylic acids is 1. The first-order valence-electron chi connectivity index (χ1n) is 7.06. The Kier molecular flexibility index (Phi) is 4.37. The Bertz CT molecular complexity index is 716. The summed E-state index contributed by atoms with van der Waals surface area (Å²) in [6.07, 6.45) is 1.86. The average Bonchev–Trinajstić information content (AvgIpc) is 3.33. The van der Waals surface area contributed by atoms with Gasteiger partial charge >= 0.3 is 0 Å². The molecule has 0 unspecified atom stereocenters. The van der Waals surface area contributed by atoms with Gasteiger partial charge in [0.15, 0.2) is 0 Å². The van der Waals surface area contributed by atoms with E-state index < -0.39 is 0 Å². The van der Waals surface area contributed by atoms with Crippen molar-refractivity contribution in [1.29, 1.82) is 0 Å². The first-order valence-corrected chi connectivity index (χ1v) is 7.82. The molecule has 5 heteroatoms. The molecule has 0 spiro atoms. The monoisotopic (exact) mass is 337 g/mol. The van der Waals surface area contributed by atoms with E-state index in [0.717, 1.165) is 12.8 Å². The zero-order valence-electron chi connectivity index (χ0n) is 11.7. The van der Waals surface area contributed by atoms with Crippen molar-refractivity contribution in [2.75, 3.05) is 0 Å². The highest BCUT2D eigenvalue weighted by molar-refractivity contribution is 6.43. The molecule has 1 aliphatic rings. The van der Waals surface area contributed by atoms with Gasteiger partial charge in [-0.2, -0.15) is 0 Å². The van der Waals surface area contributed by atoms with Crippen LogP contribution in [0.25, 0.3) is 0 Å². The maximum absolute atomic E-state index is 13.9. The van der Waals surface area contributed by atoms with Gasteiger partial charge in [0.2, 0.25) is 0 Å². The molecule has 3 rings (SSSR count). The summed E-state index contributed by atoms with van der Waals surface area (Å²) in [7, 11) is 0. The molecule has 114 valence electrons. The molecule has 0 radical (unpaired) electrons. The Morgan fingerprint density at radius 1 is 1.14 bits per heavy atom. The third-order valence-corrected chi connectivity index (χ3v) is 4.55. The molecule has 0 aliphatic heterocycles. The summed E-state index contributed by atoms with van der Waals surface area (Å²) in [5.74, 6) is -0.517. The smallest absolute Gasteiger partial charge is 0.255 e. The van der Waals surface area contributed by atoms with Crippen molar-refractivity contribution in [2.45, 2.75) is 25.4 Å². The van der Waals surface area contributed by atoms with Crippen molar-refractivity contribution in [3.63, 3.8) is 0 Å². The van der Waals surface area contributed by atoms with Gasteiger partial charge in [-0.15, -0.1) is 0 Å². The maximum Gasteiger partial charge on any atom is 0.255 e. The van der Waals surface area contributed by atoms with Crippen molar-refractivity contribution in [2.24, 2.45) is 0 Å². The van der Waals surface area contributed by atoms with Crippen molar-refractivity contribution < 1.29 is 9.18 Å². The molecule has 2 aromatic rings. The minimum atomic E-state index is -0.307. The highest BCUT2D eigenvalue weighted by atomic mass is 35.5. The lowest BCUT2D eigenvalue weighted by molar-refractivity contribution is 0.0728. The Labute approximate surface area is 138 Å². The molecule has 1 aliphatic carbocycles. The summed E-state index contributed by atoms with van der Waals surface area (Å²) in [5, 5.41) is 0.586. The largest absolute Gasteiger partial charge is 0.331 e. The second-order valence-electron chi connectivity index (χ2n) is 5.36. The van der Waals surface area contributed by atoms with Crippen molar-refractivity contribution in [3.8, 4) is 0 Å². The number of hydrogen-bond donors (Lipinski definition) is 0. The summed E-state index contributed by atoms with van der Waals surface area (Å²) in [4.78, 5) is 14.5. The van der Waals surface area contributed by atoms with Gasteiger partial charge in [-0.25, -0.2) is 4.39 Å². The molecular formula is C17H14Cl2FNO. The molecule has 1 saturated carbocycles. The zero-order valence-corrected chi connectivity index (χ0v) is 13.2. The number of amides is 1. The van der Waals surface area contributed by atoms with Crippen LogP contribution in [0, 0.1) is 5.82 Å². The predicted molar refractivity (Wildman–Crippen MR) is 85.8 cm³/mol. The summed E-state index contributed by atoms with van der Waals surface area (Å²) in [5.41, 5.74) is 0.860. The van der Waals surface area contributed by atoms with Crippen LogP contribution in [0.4, 0.5) is 4.39 Å². The van der Waals surface area contributed by atoms with Gasteiger partial charge in [-0.05, 0) is 31.0 Å². The Morgan fingerprint density at radius 2 is 1.86 bits per heavy atom. The van der Waals surface area contributed by atoms with Crippen LogP contribution in [-0.2, 0) is 6.54 Å². The molecular weight excluding hydrogens is 324 g/mol. The van der Waals surface area contributed by atoms with Gasteiger partial charge in [0.25, 0.3) is 5.91 Å². The molecule has 2 nitrogen and oxygen atoms in total. The highest BCUT2D eigenvalue weighted by Gasteiger charge is 2.34. The minimum Gasteiger partial charge on any atom is -0.331 e. The van der Waals surface area contributed by atoms with Gasteiger partial charge in [0.05, 0.1) is 15.6 Å². The van der Waals surface area contributed by atoms with Gasteiger partial charge in [-0.1, -0.05) is 47.5 Å². The van der Waals surface area contributed by atoms with E-state index in [1.165, 1.54) is 6.07 Å². The van der Waals surface area contributed by atoms with Gasteiger partial charge < -0.3 is 4.90 Å². The van der Waals surface area contributed by atoms with E-state index in [-0.39, 0.29) is 29.3 Å². The topological polar surface area (TPSA) is 20.3 Å². The fourth-order valence-electron chi connectivity index (χ4n) is 2.39. The van der Waals surface area contributed by atoms with Crippen LogP contribution in [-0.4, -0.2) is 16.8 Å². The molecule has 1 fully saturated rings. The first-order chi connectivity index (χ1) is 10.6. The van der Waals surface area contributed by atoms with Crippen molar-refractivity contribution >= 4 is 29.1 Å². The Morgan fingerprint density at radius 3 is 2.55 bits per heavy atom. The lowest BCUT2D eigenvalue weighted by atomic mass is 10.1. The van der Waals surface area contributed by atoms with Crippen LogP contribution < -0.4 is 0 Å². The quantitative estimate of drug-likeness (QED) is 0.773. The lowest BCUT2D eigenvalue weighted by Gasteiger charge is -2.23. The van der Waals surface area contributed by atoms with E-state index in [4.69, 9.17) is 23.2 Å². The molecule has 2 aromatic carbocycles. The standard InChI is InChI=1S/C17H14Cl2FNO/c18-14-6-3-5-13(16(14)19)17(22)21(12-8-9-12)10-11-4-1-2-7-15(11)20/h1-7,12H,8-10H2. The molecule has 1 amide bonds. The highest BCUT2D eigenvalue weighted by Crippen LogP contribution is 2.33. The van der Waals surface area contributed by atoms with Crippen LogP contribution in [0.15, 0.2) is 42.5 Å². The number of hydrogen-bond acceptors (Lipinski definition) is 1. The molecule has 22 heavy (non-hydrogen) atoms. The second-order valence-corrected chi connectivity index (χ2v) is 6.14. The summed E-state index contributed by atoms with van der Waals surface area (Å²) < 4.78 is 13.9. The molecule has 0 heterocycles. The molecule has 0 atom stereocenters. The van der Waals surface area contributed by atoms with E-state index in [1.54, 1.807) is 41.3 Å². The maximum atomic E-state index is 13.9. The van der Waals surface area contributed by atoms with Gasteiger partial charge in [0, 0.05) is 18.2 Å². The third-order valence-electron chi connectivity index (χ3n) is 3.73. The first kappa shape index (κ1) is 15.3. The fourth-order valence-corrected chi connectivity index (χ4v) is 2.77. The number of rotatable bonds is 4. The average molecular weight is 338 g/mol.